The summed E-state index contributed by atoms with van der Waals surface area (Å²) in [4.78, 5) is 0. The van der Waals surface area contributed by atoms with Crippen LogP contribution in [0.25, 0.3) is 0 Å². The fourth-order valence-electron chi connectivity index (χ4n) is 3.82. The predicted octanol–water partition coefficient (Wildman–Crippen LogP) is 8.56. The van der Waals surface area contributed by atoms with Gasteiger partial charge in [-0.25, -0.2) is 0 Å². The molecule has 0 aromatic rings. The van der Waals surface area contributed by atoms with Crippen molar-refractivity contribution in [3.63, 3.8) is 0 Å². The van der Waals surface area contributed by atoms with Crippen LogP contribution in [0.2, 0.25) is 18.1 Å². The van der Waals surface area contributed by atoms with Gasteiger partial charge in [0.15, 0.2) is 14.1 Å². The van der Waals surface area contributed by atoms with Crippen LogP contribution in [-0.4, -0.2) is 32.4 Å². The lowest BCUT2D eigenvalue weighted by Crippen LogP contribution is -2.43. The monoisotopic (exact) mass is 452 g/mol. The molecule has 3 nitrogen and oxygen atoms in total. The highest BCUT2D eigenvalue weighted by Crippen LogP contribution is 2.38. The summed E-state index contributed by atoms with van der Waals surface area (Å²) in [5, 5.41) is 0.201. The molecule has 1 rings (SSSR count). The van der Waals surface area contributed by atoms with E-state index in [1.807, 2.05) is 19.9 Å². The van der Waals surface area contributed by atoms with Crippen LogP contribution in [0.5, 0.6) is 0 Å². The van der Waals surface area contributed by atoms with Crippen molar-refractivity contribution in [2.75, 3.05) is 0 Å². The molecule has 0 radical (unpaired) electrons. The third kappa shape index (κ3) is 10.8. The van der Waals surface area contributed by atoms with E-state index >= 15 is 0 Å². The standard InChI is InChI=1S/C27H52O3Si/c1-10-12-14-15-16-18-20-24-25(29-27(6,7)28-24)22-21-23(19-17-13-11-2)30-31(8,9)26(3,4)5/h11,21-25H,2,10,12-20H2,1,3-9H3/b22-21+/t23-,24-,25-/m1/s1. The lowest BCUT2D eigenvalue weighted by Gasteiger charge is -2.38. The molecule has 1 saturated heterocycles. The van der Waals surface area contributed by atoms with Gasteiger partial charge in [-0.1, -0.05) is 84.4 Å². The summed E-state index contributed by atoms with van der Waals surface area (Å²) < 4.78 is 19.3. The van der Waals surface area contributed by atoms with E-state index in [1.165, 1.54) is 38.5 Å². The number of rotatable bonds is 15. The molecule has 0 N–H and O–H groups in total. The van der Waals surface area contributed by atoms with Gasteiger partial charge in [0.1, 0.15) is 6.10 Å². The smallest absolute Gasteiger partial charge is 0.192 e. The minimum absolute atomic E-state index is 0.00978. The van der Waals surface area contributed by atoms with Crippen LogP contribution in [-0.2, 0) is 13.9 Å². The van der Waals surface area contributed by atoms with Crippen molar-refractivity contribution in [3.05, 3.63) is 24.8 Å². The Bertz CT molecular complexity index is 533. The van der Waals surface area contributed by atoms with Gasteiger partial charge in [0.2, 0.25) is 0 Å². The molecular weight excluding hydrogens is 400 g/mol. The Balaban J connectivity index is 2.76. The first-order chi connectivity index (χ1) is 14.4. The molecule has 1 aliphatic heterocycles. The Morgan fingerprint density at radius 3 is 2.29 bits per heavy atom. The van der Waals surface area contributed by atoms with Crippen LogP contribution < -0.4 is 0 Å². The lowest BCUT2D eigenvalue weighted by molar-refractivity contribution is -0.143. The highest BCUT2D eigenvalue weighted by molar-refractivity contribution is 6.74. The third-order valence-corrected chi connectivity index (χ3v) is 11.2. The minimum Gasteiger partial charge on any atom is -0.411 e. The van der Waals surface area contributed by atoms with Gasteiger partial charge in [-0.2, -0.15) is 0 Å². The normalized spacial score (nSPS) is 22.8. The Morgan fingerprint density at radius 2 is 1.68 bits per heavy atom. The molecule has 1 heterocycles. The molecule has 1 fully saturated rings. The van der Waals surface area contributed by atoms with Crippen LogP contribution in [0.3, 0.4) is 0 Å². The van der Waals surface area contributed by atoms with Gasteiger partial charge in [0.25, 0.3) is 0 Å². The summed E-state index contributed by atoms with van der Waals surface area (Å²) in [5.74, 6) is -0.513. The molecule has 0 aromatic carbocycles. The number of ether oxygens (including phenoxy) is 2. The molecule has 182 valence electrons. The fraction of sp³-hybridized carbons (Fsp3) is 0.852. The third-order valence-electron chi connectivity index (χ3n) is 6.73. The first kappa shape index (κ1) is 28.6. The average Bonchev–Trinajstić information content (AvgIpc) is 2.95. The molecule has 3 atom stereocenters. The van der Waals surface area contributed by atoms with Gasteiger partial charge >= 0.3 is 0 Å². The molecule has 0 unspecified atom stereocenters. The first-order valence-electron chi connectivity index (χ1n) is 12.7. The number of unbranched alkanes of at least 4 members (excludes halogenated alkanes) is 6. The van der Waals surface area contributed by atoms with Crippen LogP contribution in [0.15, 0.2) is 24.8 Å². The maximum atomic E-state index is 6.75. The van der Waals surface area contributed by atoms with Gasteiger partial charge in [0, 0.05) is 0 Å². The Kier molecular flexibility index (Phi) is 12.3. The molecule has 0 amide bonds. The minimum atomic E-state index is -1.84. The van der Waals surface area contributed by atoms with E-state index < -0.39 is 14.1 Å². The predicted molar refractivity (Wildman–Crippen MR) is 137 cm³/mol. The summed E-state index contributed by atoms with van der Waals surface area (Å²) in [6.45, 7) is 21.8. The zero-order valence-corrected chi connectivity index (χ0v) is 23.0. The van der Waals surface area contributed by atoms with Crippen molar-refractivity contribution in [2.24, 2.45) is 0 Å². The summed E-state index contributed by atoms with van der Waals surface area (Å²) in [7, 11) is -1.84. The van der Waals surface area contributed by atoms with Crippen LogP contribution in [0, 0.1) is 0 Å². The highest BCUT2D eigenvalue weighted by atomic mass is 28.4. The van der Waals surface area contributed by atoms with Gasteiger partial charge in [-0.05, 0) is 57.7 Å². The summed E-state index contributed by atoms with van der Waals surface area (Å²) in [6.07, 6.45) is 18.8. The SMILES string of the molecule is C=CCCC[C@H](/C=C/[C@H]1OC(C)(C)O[C@@H]1CCCCCCCC)O[Si](C)(C)C(C)(C)C. The maximum absolute atomic E-state index is 6.75. The second-order valence-corrected chi connectivity index (χ2v) is 16.0. The zero-order chi connectivity index (χ0) is 23.5. The van der Waals surface area contributed by atoms with Gasteiger partial charge in [0.05, 0.1) is 12.2 Å². The molecule has 0 bridgehead atoms. The number of allylic oxidation sites excluding steroid dienone is 1. The largest absolute Gasteiger partial charge is 0.411 e. The van der Waals surface area contributed by atoms with E-state index in [0.29, 0.717) is 0 Å². The van der Waals surface area contributed by atoms with Crippen molar-refractivity contribution >= 4 is 8.32 Å². The Morgan fingerprint density at radius 1 is 1.03 bits per heavy atom. The van der Waals surface area contributed by atoms with Crippen LogP contribution in [0.1, 0.15) is 106 Å². The highest BCUT2D eigenvalue weighted by Gasteiger charge is 2.41. The van der Waals surface area contributed by atoms with Gasteiger partial charge in [-0.15, -0.1) is 6.58 Å². The van der Waals surface area contributed by atoms with E-state index in [-0.39, 0.29) is 23.4 Å². The van der Waals surface area contributed by atoms with E-state index in [2.05, 4.69) is 59.5 Å². The molecule has 0 spiro atoms. The quantitative estimate of drug-likeness (QED) is 0.141. The molecular formula is C27H52O3Si. The molecule has 31 heavy (non-hydrogen) atoms. The lowest BCUT2D eigenvalue weighted by atomic mass is 10.0. The molecule has 1 aliphatic rings. The van der Waals surface area contributed by atoms with Crippen molar-refractivity contribution in [1.29, 1.82) is 0 Å². The summed E-state index contributed by atoms with van der Waals surface area (Å²) in [5.41, 5.74) is 0. The second-order valence-electron chi connectivity index (χ2n) is 11.2. The first-order valence-corrected chi connectivity index (χ1v) is 15.7. The van der Waals surface area contributed by atoms with E-state index in [9.17, 15) is 0 Å². The molecule has 0 aliphatic carbocycles. The zero-order valence-electron chi connectivity index (χ0n) is 22.0. The molecule has 4 heteroatoms. The maximum Gasteiger partial charge on any atom is 0.192 e. The Labute approximate surface area is 195 Å². The van der Waals surface area contributed by atoms with Gasteiger partial charge in [-0.3, -0.25) is 0 Å². The van der Waals surface area contributed by atoms with Crippen molar-refractivity contribution in [2.45, 2.75) is 148 Å². The second kappa shape index (κ2) is 13.3. The van der Waals surface area contributed by atoms with Crippen LogP contribution in [0.4, 0.5) is 0 Å². The van der Waals surface area contributed by atoms with E-state index in [0.717, 1.165) is 25.7 Å². The van der Waals surface area contributed by atoms with Crippen LogP contribution >= 0.6 is 0 Å². The number of hydrogen-bond acceptors (Lipinski definition) is 3. The van der Waals surface area contributed by atoms with E-state index in [4.69, 9.17) is 13.9 Å². The average molecular weight is 453 g/mol. The van der Waals surface area contributed by atoms with Crippen molar-refractivity contribution in [3.8, 4) is 0 Å². The molecule has 0 aromatic heterocycles. The molecule has 0 saturated carbocycles. The van der Waals surface area contributed by atoms with Gasteiger partial charge < -0.3 is 13.9 Å². The fourth-order valence-corrected chi connectivity index (χ4v) is 5.13. The van der Waals surface area contributed by atoms with Crippen molar-refractivity contribution in [1.82, 2.24) is 0 Å². The van der Waals surface area contributed by atoms with E-state index in [1.54, 1.807) is 0 Å². The summed E-state index contributed by atoms with van der Waals surface area (Å²) in [6, 6.07) is 0. The Hall–Kier alpha value is -0.423. The number of hydrogen-bond donors (Lipinski definition) is 0. The topological polar surface area (TPSA) is 27.7 Å². The summed E-state index contributed by atoms with van der Waals surface area (Å²) >= 11 is 0. The van der Waals surface area contributed by atoms with Crippen molar-refractivity contribution < 1.29 is 13.9 Å².